The van der Waals surface area contributed by atoms with E-state index in [2.05, 4.69) is 5.32 Å². The molecule has 1 aliphatic heterocycles. The molecular formula is C25H27FN4O2S2. The molecule has 3 rings (SSSR count). The van der Waals surface area contributed by atoms with Crippen LogP contribution in [0, 0.1) is 30.0 Å². The molecule has 1 aromatic carbocycles. The number of nitrogens with one attached hydrogen (secondary N) is 1. The quantitative estimate of drug-likeness (QED) is 0.406. The third-order valence-corrected chi connectivity index (χ3v) is 6.77. The molecule has 1 N–H and O–H groups in total. The molecule has 178 valence electrons. The fourth-order valence-corrected chi connectivity index (χ4v) is 4.99. The molecule has 0 atom stereocenters. The summed E-state index contributed by atoms with van der Waals surface area (Å²) in [5, 5.41) is 13.0. The Morgan fingerprint density at radius 2 is 1.94 bits per heavy atom. The van der Waals surface area contributed by atoms with E-state index in [-0.39, 0.29) is 28.8 Å². The zero-order valence-electron chi connectivity index (χ0n) is 19.6. The summed E-state index contributed by atoms with van der Waals surface area (Å²) in [4.78, 5) is 28.2. The molecule has 0 unspecified atom stereocenters. The lowest BCUT2D eigenvalue weighted by Crippen LogP contribution is -2.31. The van der Waals surface area contributed by atoms with Crippen LogP contribution >= 0.6 is 24.0 Å². The van der Waals surface area contributed by atoms with Crippen LogP contribution in [0.2, 0.25) is 0 Å². The van der Waals surface area contributed by atoms with Crippen molar-refractivity contribution in [2.45, 2.75) is 47.2 Å². The molecule has 2 aromatic rings. The number of rotatable bonds is 8. The van der Waals surface area contributed by atoms with Crippen LogP contribution in [0.4, 0.5) is 10.2 Å². The number of thiocarbonyl (C=S) groups is 1. The van der Waals surface area contributed by atoms with E-state index < -0.39 is 0 Å². The van der Waals surface area contributed by atoms with Crippen molar-refractivity contribution >= 4 is 46.1 Å². The lowest BCUT2D eigenvalue weighted by molar-refractivity contribution is -0.122. The van der Waals surface area contributed by atoms with Crippen molar-refractivity contribution in [1.29, 1.82) is 5.26 Å². The number of thioether (sulfide) groups is 1. The standard InChI is InChI=1S/C25H27FN4O2S2/c1-5-10-29-22(28-13-17-6-8-18(26)9-7-17)19(16(4)20(12-27)23(29)31)11-21-24(32)30(14-15(2)3)25(33)34-21/h6-9,11,15,28H,5,10,13-14H2,1-4H3/b21-11+. The number of anilines is 1. The van der Waals surface area contributed by atoms with Gasteiger partial charge in [0.1, 0.15) is 27.6 Å². The lowest BCUT2D eigenvalue weighted by atomic mass is 10.0. The van der Waals surface area contributed by atoms with Gasteiger partial charge in [0.15, 0.2) is 0 Å². The number of halogens is 1. The Labute approximate surface area is 208 Å². The molecular weight excluding hydrogens is 471 g/mol. The predicted octanol–water partition coefficient (Wildman–Crippen LogP) is 5.05. The van der Waals surface area contributed by atoms with Crippen LogP contribution < -0.4 is 10.9 Å². The second kappa shape index (κ2) is 11.0. The second-order valence-electron chi connectivity index (χ2n) is 8.50. The molecule has 1 fully saturated rings. The molecule has 0 aliphatic carbocycles. The number of carbonyl (C=O) groups is 1. The summed E-state index contributed by atoms with van der Waals surface area (Å²) < 4.78 is 15.4. The van der Waals surface area contributed by atoms with Gasteiger partial charge in [0.05, 0.1) is 4.91 Å². The lowest BCUT2D eigenvalue weighted by Gasteiger charge is -2.20. The largest absolute Gasteiger partial charge is 0.367 e. The highest BCUT2D eigenvalue weighted by Gasteiger charge is 2.33. The Morgan fingerprint density at radius 1 is 1.26 bits per heavy atom. The summed E-state index contributed by atoms with van der Waals surface area (Å²) in [7, 11) is 0. The van der Waals surface area contributed by atoms with Crippen molar-refractivity contribution in [3.63, 3.8) is 0 Å². The van der Waals surface area contributed by atoms with Gasteiger partial charge in [-0.1, -0.05) is 56.9 Å². The summed E-state index contributed by atoms with van der Waals surface area (Å²) in [5.41, 5.74) is 1.58. The molecule has 0 bridgehead atoms. The van der Waals surface area contributed by atoms with E-state index in [1.54, 1.807) is 30.0 Å². The van der Waals surface area contributed by atoms with E-state index in [4.69, 9.17) is 12.2 Å². The van der Waals surface area contributed by atoms with Crippen LogP contribution in [0.1, 0.15) is 49.4 Å². The highest BCUT2D eigenvalue weighted by atomic mass is 32.2. The Morgan fingerprint density at radius 3 is 2.53 bits per heavy atom. The number of aromatic nitrogens is 1. The number of nitriles is 1. The van der Waals surface area contributed by atoms with Gasteiger partial charge in [-0.15, -0.1) is 0 Å². The monoisotopic (exact) mass is 498 g/mol. The van der Waals surface area contributed by atoms with Crippen LogP contribution in [-0.2, 0) is 17.9 Å². The van der Waals surface area contributed by atoms with E-state index in [9.17, 15) is 19.2 Å². The maximum Gasteiger partial charge on any atom is 0.270 e. The Bertz CT molecular complexity index is 1240. The minimum atomic E-state index is -0.382. The van der Waals surface area contributed by atoms with E-state index >= 15 is 0 Å². The minimum Gasteiger partial charge on any atom is -0.367 e. The van der Waals surface area contributed by atoms with Crippen LogP contribution in [0.3, 0.4) is 0 Å². The highest BCUT2D eigenvalue weighted by Crippen LogP contribution is 2.35. The first-order valence-electron chi connectivity index (χ1n) is 11.1. The van der Waals surface area contributed by atoms with Gasteiger partial charge in [0, 0.05) is 25.2 Å². The summed E-state index contributed by atoms with van der Waals surface area (Å²) in [6.07, 6.45) is 2.39. The number of hydrogen-bond acceptors (Lipinski definition) is 6. The van der Waals surface area contributed by atoms with Crippen LogP contribution in [0.25, 0.3) is 6.08 Å². The van der Waals surface area contributed by atoms with E-state index in [0.717, 1.165) is 5.56 Å². The number of pyridine rings is 1. The summed E-state index contributed by atoms with van der Waals surface area (Å²) in [5.74, 6) is 0.263. The van der Waals surface area contributed by atoms with Gasteiger partial charge in [-0.25, -0.2) is 4.39 Å². The summed E-state index contributed by atoms with van der Waals surface area (Å²) in [6, 6.07) is 8.11. The second-order valence-corrected chi connectivity index (χ2v) is 10.2. The molecule has 6 nitrogen and oxygen atoms in total. The molecule has 1 aromatic heterocycles. The van der Waals surface area contributed by atoms with E-state index in [1.807, 2.05) is 26.8 Å². The predicted molar refractivity (Wildman–Crippen MR) is 139 cm³/mol. The maximum absolute atomic E-state index is 13.3. The van der Waals surface area contributed by atoms with E-state index in [1.165, 1.54) is 28.5 Å². The topological polar surface area (TPSA) is 78.1 Å². The normalized spacial score (nSPS) is 14.9. The van der Waals surface area contributed by atoms with Gasteiger partial charge in [-0.2, -0.15) is 5.26 Å². The Balaban J connectivity index is 2.13. The van der Waals surface area contributed by atoms with Crippen molar-refractivity contribution in [2.75, 3.05) is 11.9 Å². The zero-order chi connectivity index (χ0) is 25.0. The van der Waals surface area contributed by atoms with Crippen molar-refractivity contribution < 1.29 is 9.18 Å². The molecule has 0 saturated carbocycles. The van der Waals surface area contributed by atoms with E-state index in [0.29, 0.717) is 52.2 Å². The number of benzene rings is 1. The first-order valence-corrected chi connectivity index (χ1v) is 12.3. The van der Waals surface area contributed by atoms with Crippen LogP contribution in [0.5, 0.6) is 0 Å². The number of carbonyl (C=O) groups excluding carboxylic acids is 1. The van der Waals surface area contributed by atoms with Crippen molar-refractivity contribution in [3.8, 4) is 6.07 Å². The van der Waals surface area contributed by atoms with Crippen LogP contribution in [0.15, 0.2) is 34.0 Å². The third-order valence-electron chi connectivity index (χ3n) is 5.39. The average Bonchev–Trinajstić information content (AvgIpc) is 3.05. The molecule has 0 spiro atoms. The van der Waals surface area contributed by atoms with Gasteiger partial charge < -0.3 is 5.32 Å². The third kappa shape index (κ3) is 5.40. The van der Waals surface area contributed by atoms with Crippen molar-refractivity contribution in [2.24, 2.45) is 5.92 Å². The van der Waals surface area contributed by atoms with Crippen molar-refractivity contribution in [3.05, 3.63) is 67.6 Å². The van der Waals surface area contributed by atoms with Gasteiger partial charge in [-0.3, -0.25) is 19.1 Å². The van der Waals surface area contributed by atoms with Gasteiger partial charge >= 0.3 is 0 Å². The molecule has 34 heavy (non-hydrogen) atoms. The first kappa shape index (κ1) is 25.7. The summed E-state index contributed by atoms with van der Waals surface area (Å²) in [6.45, 7) is 8.94. The molecule has 1 aliphatic rings. The molecule has 9 heteroatoms. The summed E-state index contributed by atoms with van der Waals surface area (Å²) >= 11 is 6.65. The van der Waals surface area contributed by atoms with Crippen molar-refractivity contribution in [1.82, 2.24) is 9.47 Å². The fraction of sp³-hybridized carbons (Fsp3) is 0.360. The number of hydrogen-bond donors (Lipinski definition) is 1. The fourth-order valence-electron chi connectivity index (χ4n) is 3.73. The van der Waals surface area contributed by atoms with Gasteiger partial charge in [0.2, 0.25) is 0 Å². The average molecular weight is 499 g/mol. The first-order chi connectivity index (χ1) is 16.2. The Hall–Kier alpha value is -2.96. The maximum atomic E-state index is 13.3. The highest BCUT2D eigenvalue weighted by molar-refractivity contribution is 8.26. The SMILES string of the molecule is CCCn1c(NCc2ccc(F)cc2)c(/C=C2/SC(=S)N(CC(C)C)C2=O)c(C)c(C#N)c1=O. The molecule has 2 heterocycles. The number of nitrogens with zero attached hydrogens (tertiary/aromatic N) is 3. The zero-order valence-corrected chi connectivity index (χ0v) is 21.3. The van der Waals surface area contributed by atoms with Crippen LogP contribution in [-0.4, -0.2) is 26.2 Å². The van der Waals surface area contributed by atoms with Gasteiger partial charge in [0.25, 0.3) is 11.5 Å². The minimum absolute atomic E-state index is 0.0460. The molecule has 1 saturated heterocycles. The number of amides is 1. The van der Waals surface area contributed by atoms with Gasteiger partial charge in [-0.05, 0) is 48.6 Å². The smallest absolute Gasteiger partial charge is 0.270 e. The molecule has 0 radical (unpaired) electrons. The Kier molecular flexibility index (Phi) is 8.28. The molecule has 1 amide bonds.